The van der Waals surface area contributed by atoms with E-state index in [0.717, 1.165) is 42.4 Å². The average Bonchev–Trinajstić information content (AvgIpc) is 3.84. The van der Waals surface area contributed by atoms with E-state index in [2.05, 4.69) is 25.3 Å². The number of rotatable bonds is 22. The molecule has 2 aliphatic heterocycles. The summed E-state index contributed by atoms with van der Waals surface area (Å²) in [7, 11) is 0. The Hall–Kier alpha value is -6.99. The Morgan fingerprint density at radius 3 is 2.35 bits per heavy atom. The van der Waals surface area contributed by atoms with Crippen LogP contribution in [0.1, 0.15) is 83.5 Å². The van der Waals surface area contributed by atoms with Crippen molar-refractivity contribution < 1.29 is 48.5 Å². The van der Waals surface area contributed by atoms with Crippen molar-refractivity contribution in [3.8, 4) is 29.1 Å². The number of aliphatic hydroxyl groups excluding tert-OH is 2. The van der Waals surface area contributed by atoms with Crippen molar-refractivity contribution in [2.24, 2.45) is 22.9 Å². The van der Waals surface area contributed by atoms with E-state index in [4.69, 9.17) is 33.7 Å². The number of amides is 1. The summed E-state index contributed by atoms with van der Waals surface area (Å²) in [6.45, 7) is 8.48. The van der Waals surface area contributed by atoms with Crippen molar-refractivity contribution in [2.45, 2.75) is 75.8 Å². The Kier molecular flexibility index (Phi) is 15.2. The van der Waals surface area contributed by atoms with E-state index >= 15 is 4.79 Å². The van der Waals surface area contributed by atoms with Crippen molar-refractivity contribution >= 4 is 17.3 Å². The van der Waals surface area contributed by atoms with E-state index in [9.17, 15) is 25.6 Å². The second-order valence-electron chi connectivity index (χ2n) is 17.4. The van der Waals surface area contributed by atoms with Gasteiger partial charge in [0.05, 0.1) is 34.8 Å². The lowest BCUT2D eigenvalue weighted by molar-refractivity contribution is -0.384. The number of non-ortho nitro benzene ring substituents is 1. The summed E-state index contributed by atoms with van der Waals surface area (Å²) >= 11 is 0. The fourth-order valence-corrected chi connectivity index (χ4v) is 10.2. The molecule has 0 radical (unpaired) electrons. The van der Waals surface area contributed by atoms with Gasteiger partial charge in [-0.15, -0.1) is 6.58 Å². The summed E-state index contributed by atoms with van der Waals surface area (Å²) in [5.74, 6) is -0.555. The number of ether oxygens (including phenoxy) is 5. The van der Waals surface area contributed by atoms with Crippen LogP contribution in [-0.4, -0.2) is 76.7 Å². The molecule has 1 fully saturated rings. The number of aliphatic hydroxyl groups is 2. The number of hydrogen-bond donors (Lipinski definition) is 2. The monoisotopic (exact) mass is 924 g/mol. The first kappa shape index (κ1) is 47.5. The van der Waals surface area contributed by atoms with Crippen molar-refractivity contribution in [3.05, 3.63) is 160 Å². The molecule has 2 heterocycles. The Morgan fingerprint density at radius 2 is 1.63 bits per heavy atom. The number of benzene rings is 4. The van der Waals surface area contributed by atoms with E-state index in [1.807, 2.05) is 36.4 Å². The number of allylic oxidation sites excluding steroid dienone is 1. The molecule has 0 bridgehead atoms. The number of fused-ring (bicyclic) bond motifs is 3. The number of carbonyl (C=O) groups is 1. The van der Waals surface area contributed by atoms with Crippen LogP contribution in [0.25, 0.3) is 0 Å². The Bertz CT molecular complexity index is 2570. The summed E-state index contributed by atoms with van der Waals surface area (Å²) in [6, 6.07) is 25.2. The van der Waals surface area contributed by atoms with Crippen LogP contribution in [0.15, 0.2) is 127 Å². The number of nitro groups is 1. The molecule has 4 aliphatic rings. The van der Waals surface area contributed by atoms with Gasteiger partial charge in [-0.25, -0.2) is 0 Å². The second kappa shape index (κ2) is 21.8. The maximum Gasteiger partial charge on any atom is 0.269 e. The summed E-state index contributed by atoms with van der Waals surface area (Å²) in [5.41, 5.74) is 4.41. The van der Waals surface area contributed by atoms with Gasteiger partial charge in [-0.3, -0.25) is 14.9 Å². The van der Waals surface area contributed by atoms with Crippen LogP contribution in [0, 0.1) is 39.2 Å². The molecule has 68 heavy (non-hydrogen) atoms. The van der Waals surface area contributed by atoms with E-state index < -0.39 is 22.7 Å². The lowest BCUT2D eigenvalue weighted by Crippen LogP contribution is -2.70. The lowest BCUT2D eigenvalue weighted by Gasteiger charge is -2.60. The standard InChI is InChI=1S/C53H56N4O11/c1-3-25-63-41-20-22-46-44(29-41)50-42(10-6-8-24-59)39(9-5-7-23-58)28-43-45(55-67-33-36-13-18-40(19-14-36)57(61)62)30-49(53(68-46,51(43)50)66-26-4-2)56(52(60)38-16-11-35(31-54)12-17-38)32-37-15-21-47-48(27-37)65-34-64-47/h3-4,11-22,27-29,39,42,49-51,58-59H,1-2,5-10,23-26,30,32-34H2. The largest absolute Gasteiger partial charge is 0.490 e. The Balaban J connectivity index is 1.35. The van der Waals surface area contributed by atoms with Gasteiger partial charge in [-0.1, -0.05) is 48.9 Å². The molecule has 15 nitrogen and oxygen atoms in total. The normalized spacial score (nSPS) is 22.4. The fourth-order valence-electron chi connectivity index (χ4n) is 10.2. The molecule has 15 heteroatoms. The SMILES string of the molecule is C=CCOc1ccc2c(c1)C1C(CCCCO)C(CCCCO)C=C3C(=NOCc4ccc([N+](=O)[O-])cc4)CC(N(Cc4ccc5c(c4)OCO5)C(=O)c4ccc(C#N)cc4)C(OCC=C)(O2)C31. The molecule has 0 aromatic heterocycles. The van der Waals surface area contributed by atoms with Gasteiger partial charge < -0.3 is 43.6 Å². The van der Waals surface area contributed by atoms with Crippen molar-refractivity contribution in [3.63, 3.8) is 0 Å². The van der Waals surface area contributed by atoms with E-state index in [1.165, 1.54) is 12.1 Å². The summed E-state index contributed by atoms with van der Waals surface area (Å²) < 4.78 is 32.2. The van der Waals surface area contributed by atoms with Crippen LogP contribution >= 0.6 is 0 Å². The van der Waals surface area contributed by atoms with Gasteiger partial charge in [0.25, 0.3) is 11.6 Å². The molecular formula is C53H56N4O11. The third-order valence-corrected chi connectivity index (χ3v) is 13.3. The maximum atomic E-state index is 15.5. The first-order valence-electron chi connectivity index (χ1n) is 23.1. The molecule has 4 aromatic rings. The molecular weight excluding hydrogens is 869 g/mol. The van der Waals surface area contributed by atoms with Crippen LogP contribution in [-0.2, 0) is 22.7 Å². The van der Waals surface area contributed by atoms with Crippen LogP contribution in [0.5, 0.6) is 23.0 Å². The molecule has 354 valence electrons. The molecule has 1 amide bonds. The molecule has 6 atom stereocenters. The zero-order valence-corrected chi connectivity index (χ0v) is 37.9. The van der Waals surface area contributed by atoms with Gasteiger partial charge in [0, 0.05) is 55.4 Å². The van der Waals surface area contributed by atoms with Crippen LogP contribution in [0.4, 0.5) is 5.69 Å². The van der Waals surface area contributed by atoms with Gasteiger partial charge in [0.2, 0.25) is 12.6 Å². The predicted octanol–water partition coefficient (Wildman–Crippen LogP) is 8.94. The van der Waals surface area contributed by atoms with Gasteiger partial charge in [0.15, 0.2) is 11.5 Å². The number of nitrogens with zero attached hydrogens (tertiary/aromatic N) is 4. The average molecular weight is 925 g/mol. The molecule has 2 N–H and O–H groups in total. The van der Waals surface area contributed by atoms with Crippen LogP contribution < -0.4 is 18.9 Å². The minimum Gasteiger partial charge on any atom is -0.490 e. The Morgan fingerprint density at radius 1 is 0.912 bits per heavy atom. The van der Waals surface area contributed by atoms with Crippen LogP contribution in [0.3, 0.4) is 0 Å². The lowest BCUT2D eigenvalue weighted by atomic mass is 9.55. The third-order valence-electron chi connectivity index (χ3n) is 13.3. The molecule has 0 spiro atoms. The highest BCUT2D eigenvalue weighted by Crippen LogP contribution is 2.62. The molecule has 2 aliphatic carbocycles. The Labute approximate surface area is 395 Å². The van der Waals surface area contributed by atoms with E-state index in [-0.39, 0.29) is 82.1 Å². The quantitative estimate of drug-likeness (QED) is 0.0329. The number of hydrogen-bond acceptors (Lipinski definition) is 13. The highest BCUT2D eigenvalue weighted by atomic mass is 16.7. The van der Waals surface area contributed by atoms with Crippen molar-refractivity contribution in [2.75, 3.05) is 33.2 Å². The van der Waals surface area contributed by atoms with E-state index in [1.54, 1.807) is 53.5 Å². The van der Waals surface area contributed by atoms with Crippen LogP contribution in [0.2, 0.25) is 0 Å². The fraction of sp³-hybridized carbons (Fsp3) is 0.377. The number of carbonyl (C=O) groups excluding carboxylic acids is 1. The zero-order valence-electron chi connectivity index (χ0n) is 37.9. The molecule has 0 saturated heterocycles. The molecule has 6 unspecified atom stereocenters. The van der Waals surface area contributed by atoms with Gasteiger partial charge >= 0.3 is 0 Å². The predicted molar refractivity (Wildman–Crippen MR) is 252 cm³/mol. The zero-order chi connectivity index (χ0) is 47.6. The molecule has 8 rings (SSSR count). The van der Waals surface area contributed by atoms with Gasteiger partial charge in [0.1, 0.15) is 30.8 Å². The number of nitriles is 1. The highest BCUT2D eigenvalue weighted by molar-refractivity contribution is 6.03. The van der Waals surface area contributed by atoms with Gasteiger partial charge in [-0.05, 0) is 121 Å². The summed E-state index contributed by atoms with van der Waals surface area (Å²) in [4.78, 5) is 34.4. The summed E-state index contributed by atoms with van der Waals surface area (Å²) in [6.07, 6.45) is 9.93. The minimum absolute atomic E-state index is 0.00374. The second-order valence-corrected chi connectivity index (χ2v) is 17.4. The topological polar surface area (TPSA) is 195 Å². The van der Waals surface area contributed by atoms with Crippen molar-refractivity contribution in [1.82, 2.24) is 4.90 Å². The first-order chi connectivity index (χ1) is 33.2. The minimum atomic E-state index is -1.57. The molecule has 1 saturated carbocycles. The van der Waals surface area contributed by atoms with Crippen molar-refractivity contribution in [1.29, 1.82) is 5.26 Å². The van der Waals surface area contributed by atoms with E-state index in [0.29, 0.717) is 58.2 Å². The smallest absolute Gasteiger partial charge is 0.269 e. The van der Waals surface area contributed by atoms with Gasteiger partial charge in [-0.2, -0.15) is 5.26 Å². The highest BCUT2D eigenvalue weighted by Gasteiger charge is 2.65. The third kappa shape index (κ3) is 9.99. The first-order valence-corrected chi connectivity index (χ1v) is 23.1. The number of nitro benzene ring substituents is 1. The summed E-state index contributed by atoms with van der Waals surface area (Å²) in [5, 5.41) is 46.0. The number of unbranched alkanes of at least 4 members (excludes halogenated alkanes) is 2. The number of oxime groups is 1. The molecule has 4 aromatic carbocycles. The maximum absolute atomic E-state index is 15.5.